The molecule has 1 aliphatic rings. The first-order valence-electron chi connectivity index (χ1n) is 7.88. The number of carbonyl (C=O) groups is 2. The van der Waals surface area contributed by atoms with Gasteiger partial charge in [0.1, 0.15) is 11.2 Å². The Labute approximate surface area is 159 Å². The number of thiophene rings is 1. The van der Waals surface area contributed by atoms with Crippen LogP contribution in [-0.2, 0) is 16.0 Å². The molecule has 1 saturated heterocycles. The second-order valence-corrected chi connectivity index (χ2v) is 7.97. The number of nitrogens with zero attached hydrogens (tertiary/aromatic N) is 2. The van der Waals surface area contributed by atoms with E-state index < -0.39 is 5.54 Å². The summed E-state index contributed by atoms with van der Waals surface area (Å²) in [6, 6.07) is 9.78. The molecule has 1 atom stereocenters. The van der Waals surface area contributed by atoms with E-state index in [4.69, 9.17) is 0 Å². The van der Waals surface area contributed by atoms with Crippen LogP contribution < -0.4 is 0 Å². The van der Waals surface area contributed by atoms with Gasteiger partial charge in [0.2, 0.25) is 0 Å². The summed E-state index contributed by atoms with van der Waals surface area (Å²) in [5.74, 6) is -0.241. The summed E-state index contributed by atoms with van der Waals surface area (Å²) in [5, 5.41) is 3.89. The zero-order valence-electron chi connectivity index (χ0n) is 14.3. The third kappa shape index (κ3) is 3.16. The predicted molar refractivity (Wildman–Crippen MR) is 104 cm³/mol. The molecule has 2 amide bonds. The molecule has 0 bridgehead atoms. The SMILES string of the molecule is CN1C(=O)C(C)(Cc2ccccc2)N(C)C(=O)C1=Cc1cscc1Br. The van der Waals surface area contributed by atoms with E-state index in [1.807, 2.05) is 48.0 Å². The number of likely N-dealkylation sites (N-methyl/N-ethyl adjacent to an activating group) is 2. The molecule has 130 valence electrons. The topological polar surface area (TPSA) is 40.6 Å². The lowest BCUT2D eigenvalue weighted by Gasteiger charge is -2.45. The number of rotatable bonds is 3. The lowest BCUT2D eigenvalue weighted by molar-refractivity contribution is -0.155. The summed E-state index contributed by atoms with van der Waals surface area (Å²) >= 11 is 5.01. The van der Waals surface area contributed by atoms with Crippen LogP contribution in [0.1, 0.15) is 18.1 Å². The van der Waals surface area contributed by atoms with E-state index in [1.165, 1.54) is 4.90 Å². The molecule has 3 rings (SSSR count). The van der Waals surface area contributed by atoms with Gasteiger partial charge >= 0.3 is 0 Å². The van der Waals surface area contributed by atoms with Crippen molar-refractivity contribution in [2.75, 3.05) is 14.1 Å². The van der Waals surface area contributed by atoms with Gasteiger partial charge in [-0.05, 0) is 39.9 Å². The summed E-state index contributed by atoms with van der Waals surface area (Å²) in [6.07, 6.45) is 2.24. The molecule has 0 N–H and O–H groups in total. The lowest BCUT2D eigenvalue weighted by Crippen LogP contribution is -2.64. The smallest absolute Gasteiger partial charge is 0.271 e. The van der Waals surface area contributed by atoms with Crippen molar-refractivity contribution < 1.29 is 9.59 Å². The van der Waals surface area contributed by atoms with Gasteiger partial charge in [0.15, 0.2) is 0 Å². The molecule has 2 heterocycles. The molecule has 1 aliphatic heterocycles. The number of hydrogen-bond donors (Lipinski definition) is 0. The largest absolute Gasteiger partial charge is 0.326 e. The lowest BCUT2D eigenvalue weighted by atomic mass is 9.87. The molecule has 25 heavy (non-hydrogen) atoms. The molecule has 1 unspecified atom stereocenters. The minimum atomic E-state index is -0.906. The van der Waals surface area contributed by atoms with Gasteiger partial charge in [0, 0.05) is 35.9 Å². The second-order valence-electron chi connectivity index (χ2n) is 6.37. The Balaban J connectivity index is 1.97. The first-order chi connectivity index (χ1) is 11.8. The minimum absolute atomic E-state index is 0.0870. The molecule has 0 spiro atoms. The predicted octanol–water partition coefficient (Wildman–Crippen LogP) is 3.78. The van der Waals surface area contributed by atoms with Gasteiger partial charge in [-0.25, -0.2) is 0 Å². The van der Waals surface area contributed by atoms with E-state index >= 15 is 0 Å². The zero-order valence-corrected chi connectivity index (χ0v) is 16.7. The molecule has 2 aromatic rings. The average Bonchev–Trinajstić information content (AvgIpc) is 3.01. The first-order valence-corrected chi connectivity index (χ1v) is 9.62. The van der Waals surface area contributed by atoms with E-state index in [2.05, 4.69) is 15.9 Å². The van der Waals surface area contributed by atoms with Crippen molar-refractivity contribution in [3.05, 3.63) is 62.4 Å². The number of carbonyl (C=O) groups excluding carboxylic acids is 2. The van der Waals surface area contributed by atoms with Crippen molar-refractivity contribution in [3.63, 3.8) is 0 Å². The number of halogens is 1. The van der Waals surface area contributed by atoms with E-state index in [0.29, 0.717) is 12.1 Å². The third-order valence-electron chi connectivity index (χ3n) is 4.72. The van der Waals surface area contributed by atoms with Gasteiger partial charge in [-0.15, -0.1) is 0 Å². The summed E-state index contributed by atoms with van der Waals surface area (Å²) in [7, 11) is 3.37. The first kappa shape index (κ1) is 17.9. The molecular formula is C19H19BrN2O2S. The molecule has 1 aromatic heterocycles. The Morgan fingerprint density at radius 1 is 1.16 bits per heavy atom. The summed E-state index contributed by atoms with van der Waals surface area (Å²) in [5.41, 5.74) is 1.40. The van der Waals surface area contributed by atoms with Crippen LogP contribution in [0, 0.1) is 0 Å². The van der Waals surface area contributed by atoms with Crippen LogP contribution in [0.3, 0.4) is 0 Å². The minimum Gasteiger partial charge on any atom is -0.326 e. The maximum absolute atomic E-state index is 13.1. The molecular weight excluding hydrogens is 400 g/mol. The Kier molecular flexibility index (Phi) is 4.84. The van der Waals surface area contributed by atoms with E-state index in [9.17, 15) is 9.59 Å². The highest BCUT2D eigenvalue weighted by molar-refractivity contribution is 9.10. The van der Waals surface area contributed by atoms with E-state index in [0.717, 1.165) is 15.6 Å². The van der Waals surface area contributed by atoms with Crippen molar-refractivity contribution in [2.45, 2.75) is 18.9 Å². The van der Waals surface area contributed by atoms with Crippen LogP contribution >= 0.6 is 27.3 Å². The molecule has 0 aliphatic carbocycles. The summed E-state index contributed by atoms with van der Waals surface area (Å²) in [4.78, 5) is 29.1. The van der Waals surface area contributed by atoms with Crippen molar-refractivity contribution in [3.8, 4) is 0 Å². The standard InChI is InChI=1S/C19H19BrN2O2S/c1-19(10-13-7-5-4-6-8-13)18(24)21(2)16(17(23)22(19)3)9-14-11-25-12-15(14)20/h4-9,11-12H,10H2,1-3H3. The number of benzene rings is 1. The third-order valence-corrected chi connectivity index (χ3v) is 6.47. The van der Waals surface area contributed by atoms with Crippen LogP contribution in [0.5, 0.6) is 0 Å². The zero-order chi connectivity index (χ0) is 18.2. The fourth-order valence-corrected chi connectivity index (χ4v) is 4.41. The fourth-order valence-electron chi connectivity index (χ4n) is 3.04. The number of hydrogen-bond acceptors (Lipinski definition) is 3. The Bertz CT molecular complexity index is 846. The van der Waals surface area contributed by atoms with Gasteiger partial charge in [-0.2, -0.15) is 11.3 Å². The highest BCUT2D eigenvalue weighted by Gasteiger charge is 2.48. The quantitative estimate of drug-likeness (QED) is 0.711. The van der Waals surface area contributed by atoms with Crippen LogP contribution in [-0.4, -0.2) is 41.2 Å². The van der Waals surface area contributed by atoms with Gasteiger partial charge in [0.05, 0.1) is 0 Å². The fraction of sp³-hybridized carbons (Fsp3) is 0.263. The monoisotopic (exact) mass is 418 g/mol. The van der Waals surface area contributed by atoms with Gasteiger partial charge in [0.25, 0.3) is 11.8 Å². The molecule has 0 saturated carbocycles. The van der Waals surface area contributed by atoms with Crippen molar-refractivity contribution in [1.82, 2.24) is 9.80 Å². The van der Waals surface area contributed by atoms with Crippen molar-refractivity contribution in [2.24, 2.45) is 0 Å². The van der Waals surface area contributed by atoms with E-state index in [-0.39, 0.29) is 11.8 Å². The summed E-state index contributed by atoms with van der Waals surface area (Å²) in [6.45, 7) is 1.83. The highest BCUT2D eigenvalue weighted by Crippen LogP contribution is 2.32. The second kappa shape index (κ2) is 6.77. The Morgan fingerprint density at radius 3 is 2.44 bits per heavy atom. The summed E-state index contributed by atoms with van der Waals surface area (Å²) < 4.78 is 0.916. The van der Waals surface area contributed by atoms with Crippen LogP contribution in [0.15, 0.2) is 51.3 Å². The van der Waals surface area contributed by atoms with Crippen LogP contribution in [0.4, 0.5) is 0 Å². The number of amides is 2. The van der Waals surface area contributed by atoms with Gasteiger partial charge in [-0.3, -0.25) is 9.59 Å². The maximum Gasteiger partial charge on any atom is 0.271 e. The Hall–Kier alpha value is -1.92. The molecule has 4 nitrogen and oxygen atoms in total. The normalized spacial score (nSPS) is 22.8. The number of piperazine rings is 1. The molecule has 6 heteroatoms. The Morgan fingerprint density at radius 2 is 1.84 bits per heavy atom. The van der Waals surface area contributed by atoms with Crippen LogP contribution in [0.2, 0.25) is 0 Å². The average molecular weight is 419 g/mol. The molecule has 0 radical (unpaired) electrons. The van der Waals surface area contributed by atoms with Crippen LogP contribution in [0.25, 0.3) is 6.08 Å². The maximum atomic E-state index is 13.1. The van der Waals surface area contributed by atoms with Gasteiger partial charge < -0.3 is 9.80 Å². The molecule has 1 fully saturated rings. The molecule has 1 aromatic carbocycles. The highest BCUT2D eigenvalue weighted by atomic mass is 79.9. The van der Waals surface area contributed by atoms with E-state index in [1.54, 1.807) is 36.4 Å². The van der Waals surface area contributed by atoms with Crippen molar-refractivity contribution in [1.29, 1.82) is 0 Å². The van der Waals surface area contributed by atoms with Gasteiger partial charge in [-0.1, -0.05) is 30.3 Å². The van der Waals surface area contributed by atoms with Crippen molar-refractivity contribution >= 4 is 45.2 Å².